The van der Waals surface area contributed by atoms with Crippen molar-refractivity contribution in [2.75, 3.05) is 33.2 Å². The molecule has 5 nitrogen and oxygen atoms in total. The Hall–Kier alpha value is -2.37. The summed E-state index contributed by atoms with van der Waals surface area (Å²) in [6.45, 7) is 14.0. The van der Waals surface area contributed by atoms with Gasteiger partial charge in [-0.2, -0.15) is 0 Å². The molecule has 1 atom stereocenters. The lowest BCUT2D eigenvalue weighted by atomic mass is 10.0. The van der Waals surface area contributed by atoms with Crippen LogP contribution >= 0.6 is 0 Å². The summed E-state index contributed by atoms with van der Waals surface area (Å²) in [5.41, 5.74) is 4.67. The fraction of sp³-hybridized carbons (Fsp3) is 0.500. The van der Waals surface area contributed by atoms with Crippen LogP contribution in [-0.2, 0) is 17.9 Å². The molecule has 1 amide bonds. The molecule has 168 valence electrons. The molecule has 1 saturated heterocycles. The molecule has 2 aromatic rings. The number of hydrogen-bond donors (Lipinski definition) is 1. The SMILES string of the molecule is Cc1ccc(C(C)C)c(OC(C)C(=O)NCc2cccc(CN3CCN(C)CC3)c2)c1. The van der Waals surface area contributed by atoms with E-state index in [0.717, 1.165) is 55.2 Å². The highest BCUT2D eigenvalue weighted by molar-refractivity contribution is 5.80. The average molecular weight is 424 g/mol. The molecule has 1 N–H and O–H groups in total. The molecule has 5 heteroatoms. The second-order valence-electron chi connectivity index (χ2n) is 9.07. The molecule has 1 aliphatic heterocycles. The quantitative estimate of drug-likeness (QED) is 0.698. The van der Waals surface area contributed by atoms with Crippen molar-refractivity contribution in [1.29, 1.82) is 0 Å². The van der Waals surface area contributed by atoms with Gasteiger partial charge in [0.05, 0.1) is 0 Å². The Labute approximate surface area is 187 Å². The third-order valence-corrected chi connectivity index (χ3v) is 5.92. The van der Waals surface area contributed by atoms with E-state index >= 15 is 0 Å². The maximum atomic E-state index is 12.7. The largest absolute Gasteiger partial charge is 0.481 e. The van der Waals surface area contributed by atoms with Crippen LogP contribution in [0.4, 0.5) is 0 Å². The zero-order valence-corrected chi connectivity index (χ0v) is 19.6. The zero-order valence-electron chi connectivity index (χ0n) is 19.6. The highest BCUT2D eigenvalue weighted by atomic mass is 16.5. The molecular weight excluding hydrogens is 386 g/mol. The van der Waals surface area contributed by atoms with Crippen molar-refractivity contribution in [2.24, 2.45) is 0 Å². The first-order chi connectivity index (χ1) is 14.8. The number of benzene rings is 2. The molecule has 31 heavy (non-hydrogen) atoms. The van der Waals surface area contributed by atoms with Gasteiger partial charge < -0.3 is 15.0 Å². The lowest BCUT2D eigenvalue weighted by Gasteiger charge is -2.32. The lowest BCUT2D eigenvalue weighted by Crippen LogP contribution is -2.43. The first kappa shape index (κ1) is 23.3. The van der Waals surface area contributed by atoms with Crippen LogP contribution in [-0.4, -0.2) is 55.0 Å². The minimum atomic E-state index is -0.548. The first-order valence-electron chi connectivity index (χ1n) is 11.4. The van der Waals surface area contributed by atoms with E-state index in [1.807, 2.05) is 19.9 Å². The van der Waals surface area contributed by atoms with Crippen molar-refractivity contribution in [3.8, 4) is 5.75 Å². The minimum absolute atomic E-state index is 0.0966. The fourth-order valence-electron chi connectivity index (χ4n) is 3.90. The Bertz CT molecular complexity index is 873. The zero-order chi connectivity index (χ0) is 22.4. The topological polar surface area (TPSA) is 44.8 Å². The second kappa shape index (κ2) is 10.8. The van der Waals surface area contributed by atoms with Crippen LogP contribution in [0.15, 0.2) is 42.5 Å². The van der Waals surface area contributed by atoms with Gasteiger partial charge in [0.15, 0.2) is 6.10 Å². The molecule has 1 fully saturated rings. The molecule has 0 aliphatic carbocycles. The number of nitrogens with one attached hydrogen (secondary N) is 1. The Morgan fingerprint density at radius 1 is 1.03 bits per heavy atom. The van der Waals surface area contributed by atoms with Gasteiger partial charge in [-0.1, -0.05) is 50.2 Å². The number of amides is 1. The number of aryl methyl sites for hydroxylation is 1. The molecule has 3 rings (SSSR count). The third kappa shape index (κ3) is 6.81. The number of carbonyl (C=O) groups excluding carboxylic acids is 1. The summed E-state index contributed by atoms with van der Waals surface area (Å²) in [6.07, 6.45) is -0.548. The predicted molar refractivity (Wildman–Crippen MR) is 126 cm³/mol. The summed E-state index contributed by atoms with van der Waals surface area (Å²) in [4.78, 5) is 17.5. The molecule has 1 heterocycles. The molecule has 0 radical (unpaired) electrons. The lowest BCUT2D eigenvalue weighted by molar-refractivity contribution is -0.127. The van der Waals surface area contributed by atoms with Crippen molar-refractivity contribution in [3.05, 3.63) is 64.7 Å². The van der Waals surface area contributed by atoms with E-state index in [2.05, 4.69) is 72.4 Å². The van der Waals surface area contributed by atoms with Crippen LogP contribution in [0.25, 0.3) is 0 Å². The maximum absolute atomic E-state index is 12.7. The summed E-state index contributed by atoms with van der Waals surface area (Å²) in [5, 5.41) is 3.03. The minimum Gasteiger partial charge on any atom is -0.481 e. The monoisotopic (exact) mass is 423 g/mol. The van der Waals surface area contributed by atoms with E-state index in [9.17, 15) is 4.79 Å². The number of piperazine rings is 1. The smallest absolute Gasteiger partial charge is 0.261 e. The van der Waals surface area contributed by atoms with Gasteiger partial charge in [-0.25, -0.2) is 0 Å². The number of rotatable bonds is 8. The summed E-state index contributed by atoms with van der Waals surface area (Å²) >= 11 is 0. The van der Waals surface area contributed by atoms with Crippen LogP contribution < -0.4 is 10.1 Å². The standard InChI is InChI=1S/C26H37N3O2/c1-19(2)24-10-9-20(3)15-25(24)31-21(4)26(30)27-17-22-7-6-8-23(16-22)18-29-13-11-28(5)12-14-29/h6-10,15-16,19,21H,11-14,17-18H2,1-5H3,(H,27,30). The van der Waals surface area contributed by atoms with Gasteiger partial charge in [0.1, 0.15) is 5.75 Å². The van der Waals surface area contributed by atoms with Gasteiger partial charge >= 0.3 is 0 Å². The van der Waals surface area contributed by atoms with Crippen LogP contribution in [0, 0.1) is 6.92 Å². The van der Waals surface area contributed by atoms with Gasteiger partial charge in [-0.05, 0) is 55.1 Å². The van der Waals surface area contributed by atoms with Crippen LogP contribution in [0.3, 0.4) is 0 Å². The van der Waals surface area contributed by atoms with E-state index in [1.165, 1.54) is 5.56 Å². The molecule has 1 aliphatic rings. The van der Waals surface area contributed by atoms with Gasteiger partial charge in [-0.3, -0.25) is 9.69 Å². The fourth-order valence-corrected chi connectivity index (χ4v) is 3.90. The molecule has 0 saturated carbocycles. The number of nitrogens with zero attached hydrogens (tertiary/aromatic N) is 2. The van der Waals surface area contributed by atoms with E-state index in [1.54, 1.807) is 0 Å². The number of ether oxygens (including phenoxy) is 1. The van der Waals surface area contributed by atoms with Crippen LogP contribution in [0.5, 0.6) is 5.75 Å². The Kier molecular flexibility index (Phi) is 8.10. The van der Waals surface area contributed by atoms with Crippen molar-refractivity contribution >= 4 is 5.91 Å². The summed E-state index contributed by atoms with van der Waals surface area (Å²) in [5.74, 6) is 1.04. The van der Waals surface area contributed by atoms with Gasteiger partial charge in [0.2, 0.25) is 0 Å². The molecule has 2 aromatic carbocycles. The maximum Gasteiger partial charge on any atom is 0.261 e. The molecule has 0 bridgehead atoms. The molecule has 0 aromatic heterocycles. The number of likely N-dealkylation sites (N-methyl/N-ethyl adjacent to an activating group) is 1. The van der Waals surface area contributed by atoms with Crippen molar-refractivity contribution < 1.29 is 9.53 Å². The second-order valence-corrected chi connectivity index (χ2v) is 9.07. The van der Waals surface area contributed by atoms with Gasteiger partial charge in [-0.15, -0.1) is 0 Å². The molecular formula is C26H37N3O2. The van der Waals surface area contributed by atoms with Crippen LogP contribution in [0.2, 0.25) is 0 Å². The number of carbonyl (C=O) groups is 1. The van der Waals surface area contributed by atoms with Crippen molar-refractivity contribution in [3.63, 3.8) is 0 Å². The highest BCUT2D eigenvalue weighted by Crippen LogP contribution is 2.28. The Balaban J connectivity index is 1.54. The average Bonchev–Trinajstić information content (AvgIpc) is 2.74. The van der Waals surface area contributed by atoms with E-state index in [-0.39, 0.29) is 5.91 Å². The third-order valence-electron chi connectivity index (χ3n) is 5.92. The molecule has 0 spiro atoms. The number of hydrogen-bond acceptors (Lipinski definition) is 4. The highest BCUT2D eigenvalue weighted by Gasteiger charge is 2.18. The molecule has 1 unspecified atom stereocenters. The predicted octanol–water partition coefficient (Wildman–Crippen LogP) is 3.95. The normalized spacial score (nSPS) is 16.3. The van der Waals surface area contributed by atoms with E-state index < -0.39 is 6.10 Å². The summed E-state index contributed by atoms with van der Waals surface area (Å²) < 4.78 is 6.05. The van der Waals surface area contributed by atoms with Gasteiger partial charge in [0, 0.05) is 39.3 Å². The Morgan fingerprint density at radius 3 is 2.45 bits per heavy atom. The van der Waals surface area contributed by atoms with E-state index in [4.69, 9.17) is 4.74 Å². The van der Waals surface area contributed by atoms with Crippen LogP contribution in [0.1, 0.15) is 48.9 Å². The van der Waals surface area contributed by atoms with Crippen molar-refractivity contribution in [1.82, 2.24) is 15.1 Å². The first-order valence-corrected chi connectivity index (χ1v) is 11.4. The summed E-state index contributed by atoms with van der Waals surface area (Å²) in [6, 6.07) is 14.7. The Morgan fingerprint density at radius 2 is 1.74 bits per heavy atom. The van der Waals surface area contributed by atoms with E-state index in [0.29, 0.717) is 12.5 Å². The van der Waals surface area contributed by atoms with Crippen molar-refractivity contribution in [2.45, 2.75) is 52.8 Å². The van der Waals surface area contributed by atoms with Gasteiger partial charge in [0.25, 0.3) is 5.91 Å². The summed E-state index contributed by atoms with van der Waals surface area (Å²) in [7, 11) is 2.17.